The van der Waals surface area contributed by atoms with Crippen molar-refractivity contribution in [1.29, 1.82) is 0 Å². The summed E-state index contributed by atoms with van der Waals surface area (Å²) in [7, 11) is 0. The minimum absolute atomic E-state index is 0.0353. The Morgan fingerprint density at radius 1 is 1.36 bits per heavy atom. The van der Waals surface area contributed by atoms with Gasteiger partial charge in [-0.05, 0) is 30.5 Å². The van der Waals surface area contributed by atoms with Gasteiger partial charge in [-0.1, -0.05) is 12.1 Å². The molecule has 1 heterocycles. The summed E-state index contributed by atoms with van der Waals surface area (Å²) in [6.45, 7) is 0.700. The first kappa shape index (κ1) is 9.12. The van der Waals surface area contributed by atoms with Crippen LogP contribution in [0.4, 0.5) is 4.39 Å². The third-order valence-electron chi connectivity index (χ3n) is 2.58. The number of halogens is 1. The van der Waals surface area contributed by atoms with Crippen molar-refractivity contribution in [2.75, 3.05) is 6.54 Å². The maximum Gasteiger partial charge on any atom is 0.123 e. The fourth-order valence-corrected chi connectivity index (χ4v) is 1.87. The summed E-state index contributed by atoms with van der Waals surface area (Å²) >= 11 is 0. The van der Waals surface area contributed by atoms with Crippen LogP contribution in [0.25, 0.3) is 0 Å². The molecule has 2 rings (SSSR count). The lowest BCUT2D eigenvalue weighted by atomic mass is 10.1. The number of nitrogens with zero attached hydrogens (tertiary/aromatic N) is 2. The zero-order valence-corrected chi connectivity index (χ0v) is 7.69. The Balaban J connectivity index is 2.21. The first-order chi connectivity index (χ1) is 6.81. The zero-order chi connectivity index (χ0) is 9.97. The van der Waals surface area contributed by atoms with Gasteiger partial charge in [-0.2, -0.15) is 0 Å². The van der Waals surface area contributed by atoms with E-state index in [2.05, 4.69) is 5.29 Å². The molecule has 1 unspecified atom stereocenters. The fraction of sp³-hybridized carbons (Fsp3) is 0.400. The van der Waals surface area contributed by atoms with Crippen LogP contribution in [0, 0.1) is 10.7 Å². The quantitative estimate of drug-likeness (QED) is 0.678. The first-order valence-electron chi connectivity index (χ1n) is 4.66. The molecule has 0 spiro atoms. The van der Waals surface area contributed by atoms with Crippen molar-refractivity contribution < 1.29 is 4.39 Å². The van der Waals surface area contributed by atoms with E-state index in [-0.39, 0.29) is 11.9 Å². The van der Waals surface area contributed by atoms with E-state index in [0.717, 1.165) is 18.4 Å². The minimum Gasteiger partial charge on any atom is -0.253 e. The second kappa shape index (κ2) is 3.74. The molecular weight excluding hydrogens is 183 g/mol. The molecular formula is C10H11FN2O. The topological polar surface area (TPSA) is 32.7 Å². The molecule has 0 aromatic heterocycles. The Labute approximate surface area is 81.5 Å². The van der Waals surface area contributed by atoms with Crippen molar-refractivity contribution in [3.63, 3.8) is 0 Å². The Bertz CT molecular complexity index is 325. The van der Waals surface area contributed by atoms with E-state index in [0.29, 0.717) is 6.54 Å². The normalized spacial score (nSPS) is 21.2. The molecule has 0 N–H and O–H groups in total. The third kappa shape index (κ3) is 1.60. The second-order valence-electron chi connectivity index (χ2n) is 3.45. The number of hydrogen-bond donors (Lipinski definition) is 0. The lowest BCUT2D eigenvalue weighted by Gasteiger charge is -2.17. The van der Waals surface area contributed by atoms with E-state index in [4.69, 9.17) is 0 Å². The molecule has 1 aromatic carbocycles. The van der Waals surface area contributed by atoms with Gasteiger partial charge in [0.05, 0.1) is 11.3 Å². The molecule has 0 aliphatic carbocycles. The van der Waals surface area contributed by atoms with Crippen LogP contribution < -0.4 is 0 Å². The van der Waals surface area contributed by atoms with Gasteiger partial charge in [0.15, 0.2) is 0 Å². The van der Waals surface area contributed by atoms with Crippen LogP contribution in [0.2, 0.25) is 0 Å². The van der Waals surface area contributed by atoms with Crippen molar-refractivity contribution in [3.8, 4) is 0 Å². The van der Waals surface area contributed by atoms with Crippen molar-refractivity contribution in [2.24, 2.45) is 5.29 Å². The highest BCUT2D eigenvalue weighted by Crippen LogP contribution is 2.31. The summed E-state index contributed by atoms with van der Waals surface area (Å²) in [6.07, 6.45) is 1.88. The summed E-state index contributed by atoms with van der Waals surface area (Å²) in [5.41, 5.74) is 0.962. The summed E-state index contributed by atoms with van der Waals surface area (Å²) in [4.78, 5) is 10.5. The average Bonchev–Trinajstić information content (AvgIpc) is 2.67. The highest BCUT2D eigenvalue weighted by molar-refractivity contribution is 5.20. The van der Waals surface area contributed by atoms with Crippen LogP contribution in [0.3, 0.4) is 0 Å². The first-order valence-corrected chi connectivity index (χ1v) is 4.66. The lowest BCUT2D eigenvalue weighted by Crippen LogP contribution is -2.15. The molecule has 0 radical (unpaired) electrons. The van der Waals surface area contributed by atoms with Crippen LogP contribution in [0.1, 0.15) is 24.4 Å². The summed E-state index contributed by atoms with van der Waals surface area (Å²) in [6, 6.07) is 6.29. The summed E-state index contributed by atoms with van der Waals surface area (Å²) in [5.74, 6) is -0.252. The SMILES string of the molecule is O=NN1CCCC1c1ccc(F)cc1. The smallest absolute Gasteiger partial charge is 0.123 e. The maximum atomic E-state index is 12.7. The van der Waals surface area contributed by atoms with Gasteiger partial charge in [0.25, 0.3) is 0 Å². The van der Waals surface area contributed by atoms with Gasteiger partial charge in [-0.15, -0.1) is 4.91 Å². The van der Waals surface area contributed by atoms with E-state index in [9.17, 15) is 9.30 Å². The van der Waals surface area contributed by atoms with Crippen molar-refractivity contribution >= 4 is 0 Å². The molecule has 1 saturated heterocycles. The largest absolute Gasteiger partial charge is 0.253 e. The number of rotatable bonds is 2. The maximum absolute atomic E-state index is 12.7. The fourth-order valence-electron chi connectivity index (χ4n) is 1.87. The van der Waals surface area contributed by atoms with Crippen molar-refractivity contribution in [3.05, 3.63) is 40.6 Å². The standard InChI is InChI=1S/C10H11FN2O/c11-9-5-3-8(4-6-9)10-2-1-7-13(10)12-14/h3-6,10H,1-2,7H2. The molecule has 4 heteroatoms. The van der Waals surface area contributed by atoms with Crippen LogP contribution in [-0.4, -0.2) is 11.6 Å². The molecule has 0 bridgehead atoms. The van der Waals surface area contributed by atoms with Gasteiger partial charge in [0, 0.05) is 6.54 Å². The molecule has 1 fully saturated rings. The molecule has 1 aliphatic rings. The molecule has 14 heavy (non-hydrogen) atoms. The van der Waals surface area contributed by atoms with Crippen molar-refractivity contribution in [1.82, 2.24) is 5.01 Å². The third-order valence-corrected chi connectivity index (χ3v) is 2.58. The Morgan fingerprint density at radius 3 is 2.71 bits per heavy atom. The predicted octanol–water partition coefficient (Wildman–Crippen LogP) is 2.64. The Morgan fingerprint density at radius 2 is 2.07 bits per heavy atom. The molecule has 74 valence electrons. The van der Waals surface area contributed by atoms with E-state index < -0.39 is 0 Å². The number of nitroso groups, excluding NO2 is 1. The van der Waals surface area contributed by atoms with Gasteiger partial charge in [-0.3, -0.25) is 5.01 Å². The number of benzene rings is 1. The van der Waals surface area contributed by atoms with Crippen LogP contribution in [-0.2, 0) is 0 Å². The lowest BCUT2D eigenvalue weighted by molar-refractivity contribution is 0.266. The molecule has 1 atom stereocenters. The minimum atomic E-state index is -0.252. The van der Waals surface area contributed by atoms with Gasteiger partial charge in [0.1, 0.15) is 5.82 Å². The van der Waals surface area contributed by atoms with Gasteiger partial charge in [0.2, 0.25) is 0 Å². The second-order valence-corrected chi connectivity index (χ2v) is 3.45. The van der Waals surface area contributed by atoms with Crippen LogP contribution >= 0.6 is 0 Å². The van der Waals surface area contributed by atoms with Gasteiger partial charge >= 0.3 is 0 Å². The van der Waals surface area contributed by atoms with Crippen LogP contribution in [0.5, 0.6) is 0 Å². The summed E-state index contributed by atoms with van der Waals surface area (Å²) < 4.78 is 12.7. The van der Waals surface area contributed by atoms with Gasteiger partial charge in [-0.25, -0.2) is 4.39 Å². The monoisotopic (exact) mass is 194 g/mol. The van der Waals surface area contributed by atoms with Gasteiger partial charge < -0.3 is 0 Å². The Hall–Kier alpha value is -1.45. The molecule has 0 amide bonds. The molecule has 0 saturated carbocycles. The average molecular weight is 194 g/mol. The molecule has 3 nitrogen and oxygen atoms in total. The zero-order valence-electron chi connectivity index (χ0n) is 7.69. The number of hydrogen-bond acceptors (Lipinski definition) is 2. The Kier molecular flexibility index (Phi) is 2.43. The predicted molar refractivity (Wildman–Crippen MR) is 50.9 cm³/mol. The highest BCUT2D eigenvalue weighted by atomic mass is 19.1. The summed E-state index contributed by atoms with van der Waals surface area (Å²) in [5, 5.41) is 4.48. The van der Waals surface area contributed by atoms with Crippen molar-refractivity contribution in [2.45, 2.75) is 18.9 Å². The van der Waals surface area contributed by atoms with E-state index >= 15 is 0 Å². The molecule has 1 aromatic rings. The van der Waals surface area contributed by atoms with Crippen LogP contribution in [0.15, 0.2) is 29.6 Å². The van der Waals surface area contributed by atoms with E-state index in [1.165, 1.54) is 17.1 Å². The van der Waals surface area contributed by atoms with E-state index in [1.807, 2.05) is 0 Å². The molecule has 1 aliphatic heterocycles. The highest BCUT2D eigenvalue weighted by Gasteiger charge is 2.25. The van der Waals surface area contributed by atoms with E-state index in [1.54, 1.807) is 12.1 Å².